The van der Waals surface area contributed by atoms with Crippen molar-refractivity contribution in [2.75, 3.05) is 6.54 Å². The zero-order valence-electron chi connectivity index (χ0n) is 9.70. The molecule has 5 heteroatoms. The van der Waals surface area contributed by atoms with Crippen LogP contribution in [0.15, 0.2) is 24.3 Å². The lowest BCUT2D eigenvalue weighted by atomic mass is 10.2. The fraction of sp³-hybridized carbons (Fsp3) is 0.500. The molecule has 0 bridgehead atoms. The highest BCUT2D eigenvalue weighted by Gasteiger charge is 2.04. The summed E-state index contributed by atoms with van der Waals surface area (Å²) in [4.78, 5) is 0. The molecule has 1 aromatic carbocycles. The van der Waals surface area contributed by atoms with E-state index >= 15 is 0 Å². The van der Waals surface area contributed by atoms with Crippen LogP contribution in [0.5, 0.6) is 5.75 Å². The van der Waals surface area contributed by atoms with Crippen LogP contribution in [0, 0.1) is 0 Å². The number of hydrogen-bond donors (Lipinski definition) is 2. The Bertz CT molecular complexity index is 317. The zero-order valence-corrected chi connectivity index (χ0v) is 9.70. The lowest BCUT2D eigenvalue weighted by Crippen LogP contribution is -2.25. The third kappa shape index (κ3) is 5.60. The fourth-order valence-electron chi connectivity index (χ4n) is 1.32. The molecule has 0 aliphatic carbocycles. The second kappa shape index (κ2) is 7.19. The second-order valence-corrected chi connectivity index (χ2v) is 3.72. The molecule has 1 unspecified atom stereocenters. The first kappa shape index (κ1) is 13.9. The van der Waals surface area contributed by atoms with Crippen molar-refractivity contribution in [2.24, 2.45) is 0 Å². The summed E-state index contributed by atoms with van der Waals surface area (Å²) >= 11 is 0. The minimum absolute atomic E-state index is 0.150. The van der Waals surface area contributed by atoms with Gasteiger partial charge in [-0.2, -0.15) is 8.78 Å². The van der Waals surface area contributed by atoms with Crippen LogP contribution in [0.1, 0.15) is 18.9 Å². The van der Waals surface area contributed by atoms with Crippen LogP contribution in [0.25, 0.3) is 0 Å². The molecule has 0 amide bonds. The molecule has 0 saturated heterocycles. The van der Waals surface area contributed by atoms with Crippen LogP contribution in [0.2, 0.25) is 0 Å². The summed E-state index contributed by atoms with van der Waals surface area (Å²) in [7, 11) is 0. The van der Waals surface area contributed by atoms with Crippen molar-refractivity contribution in [1.82, 2.24) is 5.32 Å². The number of aliphatic hydroxyl groups is 1. The SMILES string of the molecule is CCC(O)CNCc1ccc(OC(F)F)cc1. The van der Waals surface area contributed by atoms with Crippen LogP contribution in [0.3, 0.4) is 0 Å². The number of hydrogen-bond acceptors (Lipinski definition) is 3. The number of halogens is 2. The predicted molar refractivity (Wildman–Crippen MR) is 61.1 cm³/mol. The van der Waals surface area contributed by atoms with E-state index < -0.39 is 6.61 Å². The van der Waals surface area contributed by atoms with Crippen molar-refractivity contribution in [1.29, 1.82) is 0 Å². The van der Waals surface area contributed by atoms with Crippen molar-refractivity contribution >= 4 is 0 Å². The number of aliphatic hydroxyl groups excluding tert-OH is 1. The molecule has 0 radical (unpaired) electrons. The summed E-state index contributed by atoms with van der Waals surface area (Å²) in [6, 6.07) is 6.42. The van der Waals surface area contributed by atoms with Gasteiger partial charge in [-0.05, 0) is 24.1 Å². The summed E-state index contributed by atoms with van der Waals surface area (Å²) in [5.74, 6) is 0.150. The van der Waals surface area contributed by atoms with Crippen LogP contribution < -0.4 is 10.1 Å². The first-order valence-electron chi connectivity index (χ1n) is 5.54. The van der Waals surface area contributed by atoms with E-state index in [-0.39, 0.29) is 11.9 Å². The monoisotopic (exact) mass is 245 g/mol. The maximum atomic E-state index is 11.9. The van der Waals surface area contributed by atoms with E-state index in [4.69, 9.17) is 0 Å². The molecule has 17 heavy (non-hydrogen) atoms. The maximum Gasteiger partial charge on any atom is 0.387 e. The molecule has 0 aliphatic rings. The largest absolute Gasteiger partial charge is 0.435 e. The normalized spacial score (nSPS) is 12.8. The standard InChI is InChI=1S/C12H17F2NO2/c1-2-10(16)8-15-7-9-3-5-11(6-4-9)17-12(13)14/h3-6,10,12,15-16H,2,7-8H2,1H3. The average molecular weight is 245 g/mol. The van der Waals surface area contributed by atoms with Crippen molar-refractivity contribution in [3.63, 3.8) is 0 Å². The minimum Gasteiger partial charge on any atom is -0.435 e. The lowest BCUT2D eigenvalue weighted by Gasteiger charge is -2.10. The van der Waals surface area contributed by atoms with Gasteiger partial charge >= 0.3 is 6.61 Å². The van der Waals surface area contributed by atoms with E-state index in [0.717, 1.165) is 5.56 Å². The Morgan fingerprint density at radius 3 is 2.47 bits per heavy atom. The summed E-state index contributed by atoms with van der Waals surface area (Å²) in [6.45, 7) is 0.222. The molecule has 1 rings (SSSR count). The molecule has 3 nitrogen and oxygen atoms in total. The highest BCUT2D eigenvalue weighted by Crippen LogP contribution is 2.14. The van der Waals surface area contributed by atoms with Gasteiger partial charge in [0.25, 0.3) is 0 Å². The van der Waals surface area contributed by atoms with E-state index in [0.29, 0.717) is 19.5 Å². The van der Waals surface area contributed by atoms with Crippen LogP contribution >= 0.6 is 0 Å². The van der Waals surface area contributed by atoms with Crippen LogP contribution in [-0.4, -0.2) is 24.4 Å². The maximum absolute atomic E-state index is 11.9. The van der Waals surface area contributed by atoms with Crippen molar-refractivity contribution in [3.8, 4) is 5.75 Å². The van der Waals surface area contributed by atoms with Gasteiger partial charge in [0, 0.05) is 13.1 Å². The Kier molecular flexibility index (Phi) is 5.86. The quantitative estimate of drug-likeness (QED) is 0.773. The average Bonchev–Trinajstić information content (AvgIpc) is 2.30. The summed E-state index contributed by atoms with van der Waals surface area (Å²) in [6.07, 6.45) is 0.352. The summed E-state index contributed by atoms with van der Waals surface area (Å²) in [5.41, 5.74) is 0.954. The van der Waals surface area contributed by atoms with Crippen molar-refractivity contribution < 1.29 is 18.6 Å². The molecule has 0 saturated carbocycles. The third-order valence-corrected chi connectivity index (χ3v) is 2.33. The molecule has 0 fully saturated rings. The molecule has 0 spiro atoms. The Labute approximate surface area is 99.4 Å². The van der Waals surface area contributed by atoms with E-state index in [1.807, 2.05) is 6.92 Å². The predicted octanol–water partition coefficient (Wildman–Crippen LogP) is 2.15. The van der Waals surface area contributed by atoms with Crippen LogP contribution in [-0.2, 0) is 6.54 Å². The van der Waals surface area contributed by atoms with Crippen molar-refractivity contribution in [2.45, 2.75) is 32.6 Å². The Balaban J connectivity index is 2.35. The Morgan fingerprint density at radius 2 is 1.94 bits per heavy atom. The fourth-order valence-corrected chi connectivity index (χ4v) is 1.32. The van der Waals surface area contributed by atoms with E-state index in [1.54, 1.807) is 12.1 Å². The topological polar surface area (TPSA) is 41.5 Å². The molecular weight excluding hydrogens is 228 g/mol. The van der Waals surface area contributed by atoms with Crippen molar-refractivity contribution in [3.05, 3.63) is 29.8 Å². The zero-order chi connectivity index (χ0) is 12.7. The number of benzene rings is 1. The highest BCUT2D eigenvalue weighted by atomic mass is 19.3. The lowest BCUT2D eigenvalue weighted by molar-refractivity contribution is -0.0498. The number of nitrogens with one attached hydrogen (secondary N) is 1. The molecule has 1 aromatic rings. The third-order valence-electron chi connectivity index (χ3n) is 2.33. The molecule has 2 N–H and O–H groups in total. The second-order valence-electron chi connectivity index (χ2n) is 3.72. The first-order valence-corrected chi connectivity index (χ1v) is 5.54. The smallest absolute Gasteiger partial charge is 0.387 e. The van der Waals surface area contributed by atoms with E-state index in [9.17, 15) is 13.9 Å². The minimum atomic E-state index is -2.79. The van der Waals surface area contributed by atoms with Crippen LogP contribution in [0.4, 0.5) is 8.78 Å². The van der Waals surface area contributed by atoms with Gasteiger partial charge in [0.1, 0.15) is 5.75 Å². The number of rotatable bonds is 7. The van der Waals surface area contributed by atoms with Gasteiger partial charge in [-0.25, -0.2) is 0 Å². The highest BCUT2D eigenvalue weighted by molar-refractivity contribution is 5.27. The Morgan fingerprint density at radius 1 is 1.29 bits per heavy atom. The van der Waals surface area contributed by atoms with E-state index in [1.165, 1.54) is 12.1 Å². The van der Waals surface area contributed by atoms with Gasteiger partial charge in [-0.15, -0.1) is 0 Å². The molecule has 0 heterocycles. The van der Waals surface area contributed by atoms with Gasteiger partial charge < -0.3 is 15.2 Å². The molecule has 0 aromatic heterocycles. The van der Waals surface area contributed by atoms with Gasteiger partial charge in [-0.3, -0.25) is 0 Å². The Hall–Kier alpha value is -1.20. The number of ether oxygens (including phenoxy) is 1. The first-order chi connectivity index (χ1) is 8.11. The molecule has 1 atom stereocenters. The van der Waals surface area contributed by atoms with Gasteiger partial charge in [0.2, 0.25) is 0 Å². The van der Waals surface area contributed by atoms with E-state index in [2.05, 4.69) is 10.1 Å². The summed E-state index contributed by atoms with van der Waals surface area (Å²) in [5, 5.41) is 12.4. The molecule has 96 valence electrons. The molecular formula is C12H17F2NO2. The molecule has 0 aliphatic heterocycles. The number of alkyl halides is 2. The van der Waals surface area contributed by atoms with Gasteiger partial charge in [0.15, 0.2) is 0 Å². The summed E-state index contributed by atoms with van der Waals surface area (Å²) < 4.78 is 28.0. The van der Waals surface area contributed by atoms with Gasteiger partial charge in [0.05, 0.1) is 6.10 Å². The van der Waals surface area contributed by atoms with Gasteiger partial charge in [-0.1, -0.05) is 19.1 Å².